The zero-order chi connectivity index (χ0) is 24.8. The number of methoxy groups -OCH3 is 1. The summed E-state index contributed by atoms with van der Waals surface area (Å²) < 4.78 is 17.9. The molecular weight excluding hydrogens is 450 g/mol. The van der Waals surface area contributed by atoms with Gasteiger partial charge >= 0.3 is 5.97 Å². The summed E-state index contributed by atoms with van der Waals surface area (Å²) >= 11 is 0. The van der Waals surface area contributed by atoms with Crippen LogP contribution in [0.5, 0.6) is 5.75 Å². The number of benzene rings is 1. The molecule has 0 saturated carbocycles. The number of hydrogen-bond acceptors (Lipinski definition) is 7. The Balaban J connectivity index is 1.54. The second-order valence-corrected chi connectivity index (χ2v) is 8.48. The van der Waals surface area contributed by atoms with E-state index in [-0.39, 0.29) is 29.3 Å². The Morgan fingerprint density at radius 1 is 1.09 bits per heavy atom. The Hall–Kier alpha value is -3.43. The highest BCUT2D eigenvalue weighted by Gasteiger charge is 2.28. The molecule has 2 aliphatic rings. The Bertz CT molecular complexity index is 1140. The van der Waals surface area contributed by atoms with E-state index in [9.17, 15) is 14.4 Å². The van der Waals surface area contributed by atoms with Gasteiger partial charge in [0.05, 0.1) is 20.3 Å². The van der Waals surface area contributed by atoms with E-state index >= 15 is 0 Å². The van der Waals surface area contributed by atoms with E-state index in [4.69, 9.17) is 14.2 Å². The van der Waals surface area contributed by atoms with Crippen molar-refractivity contribution < 1.29 is 23.8 Å². The third-order valence-electron chi connectivity index (χ3n) is 6.43. The number of esters is 1. The first kappa shape index (κ1) is 24.7. The molecule has 9 heteroatoms. The molecule has 1 aromatic heterocycles. The standard InChI is InChI=1S/C26H31N3O6/c1-3-19-4-6-20(7-5-19)25(31)28-9-8-21-24(26(32)33-2)22(18-23(30)29(21)11-10-28)35-17-14-27-12-15-34-16-13-27/h3-7,18H,1,8-17H2,2H3. The largest absolute Gasteiger partial charge is 0.491 e. The van der Waals surface area contributed by atoms with E-state index in [1.165, 1.54) is 13.2 Å². The molecule has 0 bridgehead atoms. The van der Waals surface area contributed by atoms with Crippen molar-refractivity contribution in [3.63, 3.8) is 0 Å². The normalized spacial score (nSPS) is 16.2. The van der Waals surface area contributed by atoms with Crippen LogP contribution in [-0.4, -0.2) is 85.9 Å². The number of carbonyl (C=O) groups is 2. The molecule has 9 nitrogen and oxygen atoms in total. The number of ether oxygens (including phenoxy) is 3. The highest BCUT2D eigenvalue weighted by Crippen LogP contribution is 2.24. The summed E-state index contributed by atoms with van der Waals surface area (Å²) in [4.78, 5) is 42.8. The van der Waals surface area contributed by atoms with E-state index in [0.29, 0.717) is 57.1 Å². The zero-order valence-corrected chi connectivity index (χ0v) is 20.0. The van der Waals surface area contributed by atoms with Gasteiger partial charge in [0, 0.05) is 63.0 Å². The maximum atomic E-state index is 13.1. The summed E-state index contributed by atoms with van der Waals surface area (Å²) in [5, 5.41) is 0. The molecule has 2 aliphatic heterocycles. The summed E-state index contributed by atoms with van der Waals surface area (Å²) in [5.74, 6) is -0.459. The number of fused-ring (bicyclic) bond motifs is 1. The lowest BCUT2D eigenvalue weighted by molar-refractivity contribution is 0.0320. The van der Waals surface area contributed by atoms with Gasteiger partial charge in [-0.25, -0.2) is 4.79 Å². The molecule has 0 radical (unpaired) electrons. The van der Waals surface area contributed by atoms with Crippen molar-refractivity contribution in [3.05, 3.63) is 69.6 Å². The fourth-order valence-corrected chi connectivity index (χ4v) is 4.44. The predicted molar refractivity (Wildman–Crippen MR) is 131 cm³/mol. The van der Waals surface area contributed by atoms with Gasteiger partial charge in [0.2, 0.25) is 0 Å². The smallest absolute Gasteiger partial charge is 0.343 e. The Labute approximate surface area is 204 Å². The molecule has 2 aromatic rings. The molecule has 1 aromatic carbocycles. The van der Waals surface area contributed by atoms with Gasteiger partial charge < -0.3 is 23.7 Å². The van der Waals surface area contributed by atoms with Crippen LogP contribution in [-0.2, 0) is 22.4 Å². The number of amides is 1. The van der Waals surface area contributed by atoms with Crippen LogP contribution < -0.4 is 10.3 Å². The number of aromatic nitrogens is 1. The molecule has 186 valence electrons. The topological polar surface area (TPSA) is 90.3 Å². The predicted octanol–water partition coefficient (Wildman–Crippen LogP) is 1.69. The molecule has 0 aliphatic carbocycles. The number of carbonyl (C=O) groups excluding carboxylic acids is 2. The van der Waals surface area contributed by atoms with Gasteiger partial charge in [0.25, 0.3) is 11.5 Å². The summed E-state index contributed by atoms with van der Waals surface area (Å²) in [7, 11) is 1.31. The lowest BCUT2D eigenvalue weighted by Crippen LogP contribution is -2.38. The van der Waals surface area contributed by atoms with Crippen molar-refractivity contribution >= 4 is 18.0 Å². The summed E-state index contributed by atoms with van der Waals surface area (Å²) in [5.41, 5.74) is 2.01. The molecule has 1 saturated heterocycles. The molecule has 4 rings (SSSR count). The SMILES string of the molecule is C=Cc1ccc(C(=O)N2CCc3c(C(=O)OC)c(OCCN4CCOCC4)cc(=O)n3CC2)cc1. The van der Waals surface area contributed by atoms with Gasteiger partial charge in [-0.15, -0.1) is 0 Å². The maximum absolute atomic E-state index is 13.1. The van der Waals surface area contributed by atoms with E-state index in [1.807, 2.05) is 12.1 Å². The van der Waals surface area contributed by atoms with Crippen LogP contribution in [0, 0.1) is 0 Å². The van der Waals surface area contributed by atoms with Crippen LogP contribution in [0.15, 0.2) is 41.7 Å². The van der Waals surface area contributed by atoms with Crippen LogP contribution in [0.1, 0.15) is 32.0 Å². The van der Waals surface area contributed by atoms with Crippen LogP contribution in [0.25, 0.3) is 6.08 Å². The number of hydrogen-bond donors (Lipinski definition) is 0. The Kier molecular flexibility index (Phi) is 7.99. The van der Waals surface area contributed by atoms with E-state index < -0.39 is 5.97 Å². The molecule has 0 spiro atoms. The van der Waals surface area contributed by atoms with Crippen molar-refractivity contribution in [2.75, 3.05) is 59.7 Å². The summed E-state index contributed by atoms with van der Waals surface area (Å²) in [6.07, 6.45) is 2.05. The lowest BCUT2D eigenvalue weighted by atomic mass is 10.1. The van der Waals surface area contributed by atoms with Gasteiger partial charge in [-0.2, -0.15) is 0 Å². The minimum absolute atomic E-state index is 0.122. The van der Waals surface area contributed by atoms with Crippen LogP contribution >= 0.6 is 0 Å². The Morgan fingerprint density at radius 3 is 2.51 bits per heavy atom. The fourth-order valence-electron chi connectivity index (χ4n) is 4.44. The molecule has 0 unspecified atom stereocenters. The molecular formula is C26H31N3O6. The first-order valence-electron chi connectivity index (χ1n) is 11.8. The maximum Gasteiger partial charge on any atom is 0.343 e. The van der Waals surface area contributed by atoms with Crippen molar-refractivity contribution in [2.45, 2.75) is 13.0 Å². The number of morpholine rings is 1. The first-order chi connectivity index (χ1) is 17.0. The minimum atomic E-state index is -0.560. The van der Waals surface area contributed by atoms with E-state index in [0.717, 1.165) is 18.7 Å². The molecule has 0 N–H and O–H groups in total. The molecule has 3 heterocycles. The van der Waals surface area contributed by atoms with Gasteiger partial charge in [0.1, 0.15) is 17.9 Å². The van der Waals surface area contributed by atoms with Gasteiger partial charge in [-0.05, 0) is 17.7 Å². The second kappa shape index (κ2) is 11.3. The van der Waals surface area contributed by atoms with Crippen LogP contribution in [0.4, 0.5) is 0 Å². The molecule has 1 amide bonds. The average molecular weight is 482 g/mol. The number of rotatable bonds is 7. The van der Waals surface area contributed by atoms with Crippen LogP contribution in [0.3, 0.4) is 0 Å². The third kappa shape index (κ3) is 5.63. The highest BCUT2D eigenvalue weighted by molar-refractivity contribution is 5.95. The lowest BCUT2D eigenvalue weighted by Gasteiger charge is -2.26. The fraction of sp³-hybridized carbons (Fsp3) is 0.423. The highest BCUT2D eigenvalue weighted by atomic mass is 16.5. The first-order valence-corrected chi connectivity index (χ1v) is 11.8. The van der Waals surface area contributed by atoms with Crippen molar-refractivity contribution in [1.29, 1.82) is 0 Å². The van der Waals surface area contributed by atoms with Crippen molar-refractivity contribution in [1.82, 2.24) is 14.4 Å². The average Bonchev–Trinajstić information content (AvgIpc) is 3.12. The molecule has 35 heavy (non-hydrogen) atoms. The molecule has 1 fully saturated rings. The van der Waals surface area contributed by atoms with Crippen molar-refractivity contribution in [2.24, 2.45) is 0 Å². The van der Waals surface area contributed by atoms with Crippen LogP contribution in [0.2, 0.25) is 0 Å². The van der Waals surface area contributed by atoms with E-state index in [2.05, 4.69) is 11.5 Å². The second-order valence-electron chi connectivity index (χ2n) is 8.48. The number of pyridine rings is 1. The Morgan fingerprint density at radius 2 is 1.83 bits per heavy atom. The van der Waals surface area contributed by atoms with E-state index in [1.54, 1.807) is 27.7 Å². The quantitative estimate of drug-likeness (QED) is 0.556. The monoisotopic (exact) mass is 481 g/mol. The third-order valence-corrected chi connectivity index (χ3v) is 6.43. The summed E-state index contributed by atoms with van der Waals surface area (Å²) in [6.45, 7) is 8.73. The molecule has 0 atom stereocenters. The van der Waals surface area contributed by atoms with Gasteiger partial charge in [0.15, 0.2) is 0 Å². The number of nitrogens with zero attached hydrogens (tertiary/aromatic N) is 3. The van der Waals surface area contributed by atoms with Crippen molar-refractivity contribution in [3.8, 4) is 5.75 Å². The zero-order valence-electron chi connectivity index (χ0n) is 20.0. The van der Waals surface area contributed by atoms with Gasteiger partial charge in [-0.1, -0.05) is 24.8 Å². The summed E-state index contributed by atoms with van der Waals surface area (Å²) in [6, 6.07) is 8.56. The van der Waals surface area contributed by atoms with Gasteiger partial charge in [-0.3, -0.25) is 14.5 Å². The minimum Gasteiger partial charge on any atom is -0.491 e.